The number of hydrogen-bond donors (Lipinski definition) is 0. The predicted molar refractivity (Wildman–Crippen MR) is 89.1 cm³/mol. The van der Waals surface area contributed by atoms with Crippen molar-refractivity contribution in [1.29, 1.82) is 0 Å². The normalized spacial score (nSPS) is 10.4. The zero-order chi connectivity index (χ0) is 16.1. The number of hydrogen-bond acceptors (Lipinski definition) is 2. The monoisotopic (exact) mass is 297 g/mol. The lowest BCUT2D eigenvalue weighted by molar-refractivity contribution is -0.129. The van der Waals surface area contributed by atoms with Gasteiger partial charge in [-0.1, -0.05) is 35.9 Å². The van der Waals surface area contributed by atoms with Gasteiger partial charge < -0.3 is 9.64 Å². The van der Waals surface area contributed by atoms with Crippen molar-refractivity contribution in [3.05, 3.63) is 64.7 Å². The van der Waals surface area contributed by atoms with Gasteiger partial charge in [-0.2, -0.15) is 0 Å². The van der Waals surface area contributed by atoms with E-state index in [1.165, 1.54) is 11.1 Å². The molecule has 0 aromatic heterocycles. The second-order valence-corrected chi connectivity index (χ2v) is 5.70. The lowest BCUT2D eigenvalue weighted by atomic mass is 10.0. The fourth-order valence-electron chi connectivity index (χ4n) is 2.44. The lowest BCUT2D eigenvalue weighted by Crippen LogP contribution is -2.27. The van der Waals surface area contributed by atoms with E-state index in [1.54, 1.807) is 12.0 Å². The van der Waals surface area contributed by atoms with E-state index in [2.05, 4.69) is 26.0 Å². The van der Waals surface area contributed by atoms with Gasteiger partial charge >= 0.3 is 0 Å². The average Bonchev–Trinajstić information content (AvgIpc) is 2.50. The van der Waals surface area contributed by atoms with Crippen molar-refractivity contribution in [2.75, 3.05) is 14.2 Å². The highest BCUT2D eigenvalue weighted by Gasteiger charge is 2.11. The van der Waals surface area contributed by atoms with Gasteiger partial charge in [0.05, 0.1) is 13.5 Å². The van der Waals surface area contributed by atoms with Crippen LogP contribution >= 0.6 is 0 Å². The van der Waals surface area contributed by atoms with Gasteiger partial charge in [0.1, 0.15) is 5.75 Å². The van der Waals surface area contributed by atoms with Gasteiger partial charge in [-0.15, -0.1) is 0 Å². The van der Waals surface area contributed by atoms with E-state index in [9.17, 15) is 4.79 Å². The predicted octanol–water partition coefficient (Wildman–Crippen LogP) is 3.51. The summed E-state index contributed by atoms with van der Waals surface area (Å²) in [5.41, 5.74) is 4.58. The minimum atomic E-state index is 0.128. The number of carbonyl (C=O) groups excluding carboxylic acids is 1. The molecule has 2 rings (SSSR count). The van der Waals surface area contributed by atoms with E-state index in [0.717, 1.165) is 16.9 Å². The van der Waals surface area contributed by atoms with Crippen LogP contribution in [0.1, 0.15) is 22.3 Å². The Morgan fingerprint density at radius 3 is 2.36 bits per heavy atom. The summed E-state index contributed by atoms with van der Waals surface area (Å²) in [5.74, 6) is 0.954. The highest BCUT2D eigenvalue weighted by atomic mass is 16.5. The number of ether oxygens (including phenoxy) is 1. The van der Waals surface area contributed by atoms with Crippen molar-refractivity contribution in [3.63, 3.8) is 0 Å². The Kier molecular flexibility index (Phi) is 5.21. The van der Waals surface area contributed by atoms with E-state index < -0.39 is 0 Å². The third kappa shape index (κ3) is 4.10. The van der Waals surface area contributed by atoms with Crippen LogP contribution in [0.25, 0.3) is 0 Å². The minimum absolute atomic E-state index is 0.128. The first kappa shape index (κ1) is 16.1. The van der Waals surface area contributed by atoms with E-state index in [0.29, 0.717) is 13.0 Å². The van der Waals surface area contributed by atoms with Gasteiger partial charge in [0.2, 0.25) is 5.91 Å². The fourth-order valence-corrected chi connectivity index (χ4v) is 2.44. The SMILES string of the molecule is COc1ccc(CN(C)C(=O)Cc2ccc(C)cc2C)cc1. The average molecular weight is 297 g/mol. The first-order chi connectivity index (χ1) is 10.5. The van der Waals surface area contributed by atoms with Crippen molar-refractivity contribution in [2.45, 2.75) is 26.8 Å². The second-order valence-electron chi connectivity index (χ2n) is 5.70. The molecule has 0 bridgehead atoms. The van der Waals surface area contributed by atoms with E-state index in [-0.39, 0.29) is 5.91 Å². The molecule has 0 fully saturated rings. The third-order valence-corrected chi connectivity index (χ3v) is 3.84. The fraction of sp³-hybridized carbons (Fsp3) is 0.316. The van der Waals surface area contributed by atoms with Crippen LogP contribution in [0.4, 0.5) is 0 Å². The molecule has 0 N–H and O–H groups in total. The molecule has 0 heterocycles. The molecule has 3 nitrogen and oxygen atoms in total. The van der Waals surface area contributed by atoms with Crippen LogP contribution in [0, 0.1) is 13.8 Å². The molecule has 2 aromatic carbocycles. The summed E-state index contributed by atoms with van der Waals surface area (Å²) in [4.78, 5) is 14.1. The maximum atomic E-state index is 12.4. The van der Waals surface area contributed by atoms with Crippen molar-refractivity contribution < 1.29 is 9.53 Å². The maximum Gasteiger partial charge on any atom is 0.227 e. The minimum Gasteiger partial charge on any atom is -0.497 e. The van der Waals surface area contributed by atoms with Crippen LogP contribution < -0.4 is 4.74 Å². The van der Waals surface area contributed by atoms with E-state index in [1.807, 2.05) is 37.4 Å². The second kappa shape index (κ2) is 7.12. The van der Waals surface area contributed by atoms with Crippen LogP contribution in [-0.4, -0.2) is 25.0 Å². The number of carbonyl (C=O) groups is 1. The Labute approximate surface area is 132 Å². The summed E-state index contributed by atoms with van der Waals surface area (Å²) in [6.45, 7) is 4.72. The van der Waals surface area contributed by atoms with Crippen LogP contribution in [0.3, 0.4) is 0 Å². The van der Waals surface area contributed by atoms with Gasteiger partial charge in [-0.3, -0.25) is 4.79 Å². The molecular weight excluding hydrogens is 274 g/mol. The Morgan fingerprint density at radius 1 is 1.09 bits per heavy atom. The molecule has 116 valence electrons. The highest BCUT2D eigenvalue weighted by Crippen LogP contribution is 2.15. The molecule has 3 heteroatoms. The van der Waals surface area contributed by atoms with Gasteiger partial charge in [0.15, 0.2) is 0 Å². The molecule has 0 aliphatic rings. The molecule has 0 radical (unpaired) electrons. The third-order valence-electron chi connectivity index (χ3n) is 3.84. The number of aryl methyl sites for hydroxylation is 2. The topological polar surface area (TPSA) is 29.5 Å². The van der Waals surface area contributed by atoms with Gasteiger partial charge in [0, 0.05) is 13.6 Å². The van der Waals surface area contributed by atoms with Gasteiger partial charge in [-0.05, 0) is 42.7 Å². The van der Waals surface area contributed by atoms with Crippen molar-refractivity contribution >= 4 is 5.91 Å². The summed E-state index contributed by atoms with van der Waals surface area (Å²) in [5, 5.41) is 0. The number of methoxy groups -OCH3 is 1. The van der Waals surface area contributed by atoms with Crippen molar-refractivity contribution in [3.8, 4) is 5.75 Å². The Morgan fingerprint density at radius 2 is 1.77 bits per heavy atom. The van der Waals surface area contributed by atoms with E-state index in [4.69, 9.17) is 4.74 Å². The largest absolute Gasteiger partial charge is 0.497 e. The van der Waals surface area contributed by atoms with E-state index >= 15 is 0 Å². The van der Waals surface area contributed by atoms with Crippen molar-refractivity contribution in [2.24, 2.45) is 0 Å². The molecule has 0 aliphatic heterocycles. The molecule has 1 amide bonds. The molecule has 0 spiro atoms. The zero-order valence-electron chi connectivity index (χ0n) is 13.7. The first-order valence-corrected chi connectivity index (χ1v) is 7.42. The zero-order valence-corrected chi connectivity index (χ0v) is 13.7. The molecule has 0 saturated carbocycles. The smallest absolute Gasteiger partial charge is 0.227 e. The molecule has 0 atom stereocenters. The molecule has 0 unspecified atom stereocenters. The van der Waals surface area contributed by atoms with Crippen LogP contribution in [0.15, 0.2) is 42.5 Å². The van der Waals surface area contributed by atoms with Gasteiger partial charge in [-0.25, -0.2) is 0 Å². The summed E-state index contributed by atoms with van der Waals surface area (Å²) in [6.07, 6.45) is 0.443. The highest BCUT2D eigenvalue weighted by molar-refractivity contribution is 5.78. The summed E-state index contributed by atoms with van der Waals surface area (Å²) in [7, 11) is 3.49. The van der Waals surface area contributed by atoms with Crippen LogP contribution in [-0.2, 0) is 17.8 Å². The van der Waals surface area contributed by atoms with Crippen molar-refractivity contribution in [1.82, 2.24) is 4.90 Å². The lowest BCUT2D eigenvalue weighted by Gasteiger charge is -2.18. The Balaban J connectivity index is 1.99. The number of rotatable bonds is 5. The number of likely N-dealkylation sites (N-methyl/N-ethyl adjacent to an activating group) is 1. The first-order valence-electron chi connectivity index (χ1n) is 7.42. The molecule has 0 saturated heterocycles. The number of nitrogens with zero attached hydrogens (tertiary/aromatic N) is 1. The Hall–Kier alpha value is -2.29. The van der Waals surface area contributed by atoms with Crippen LogP contribution in [0.2, 0.25) is 0 Å². The Bertz CT molecular complexity index is 647. The standard InChI is InChI=1S/C19H23NO2/c1-14-5-8-17(15(2)11-14)12-19(21)20(3)13-16-6-9-18(22-4)10-7-16/h5-11H,12-13H2,1-4H3. The number of amides is 1. The maximum absolute atomic E-state index is 12.4. The molecular formula is C19H23NO2. The quantitative estimate of drug-likeness (QED) is 0.845. The molecule has 0 aliphatic carbocycles. The summed E-state index contributed by atoms with van der Waals surface area (Å²) < 4.78 is 5.14. The number of benzene rings is 2. The summed E-state index contributed by atoms with van der Waals surface area (Å²) >= 11 is 0. The van der Waals surface area contributed by atoms with Gasteiger partial charge in [0.25, 0.3) is 0 Å². The van der Waals surface area contributed by atoms with Crippen LogP contribution in [0.5, 0.6) is 5.75 Å². The molecule has 22 heavy (non-hydrogen) atoms. The molecule has 2 aromatic rings. The summed E-state index contributed by atoms with van der Waals surface area (Å²) in [6, 6.07) is 14.0.